The first-order chi connectivity index (χ1) is 15.9. The van der Waals surface area contributed by atoms with Crippen LogP contribution in [0, 0.1) is 0 Å². The molecule has 1 aliphatic rings. The second-order valence-electron chi connectivity index (χ2n) is 6.85. The summed E-state index contributed by atoms with van der Waals surface area (Å²) in [6.07, 6.45) is -4.94. The first-order valence-electron chi connectivity index (χ1n) is 9.44. The van der Waals surface area contributed by atoms with Crippen LogP contribution in [0.4, 0.5) is 10.3 Å². The van der Waals surface area contributed by atoms with Gasteiger partial charge >= 0.3 is 23.5 Å². The lowest BCUT2D eigenvalue weighted by Gasteiger charge is -2.27. The number of phosphoric acid groups is 3. The first kappa shape index (κ1) is 29.6. The summed E-state index contributed by atoms with van der Waals surface area (Å²) < 4.78 is 66.7. The zero-order valence-corrected chi connectivity index (χ0v) is 20.8. The molecule has 0 saturated carbocycles. The third-order valence-electron chi connectivity index (χ3n) is 4.24. The summed E-state index contributed by atoms with van der Waals surface area (Å²) in [6.45, 7) is 3.92. The van der Waals surface area contributed by atoms with E-state index < -0.39 is 59.7 Å². The fraction of sp³-hybridized carbons (Fsp3) is 0.615. The van der Waals surface area contributed by atoms with E-state index in [-0.39, 0.29) is 17.1 Å². The molecule has 35 heavy (non-hydrogen) atoms. The number of nitrogens with zero attached hydrogens (tertiary/aromatic N) is 3. The number of anilines is 1. The highest BCUT2D eigenvalue weighted by Crippen LogP contribution is 2.66. The number of aromatic nitrogens is 4. The van der Waals surface area contributed by atoms with Crippen LogP contribution in [0.3, 0.4) is 0 Å². The Kier molecular flexibility index (Phi) is 8.82. The lowest BCUT2D eigenvalue weighted by molar-refractivity contribution is -0.113. The Bertz CT molecular complexity index is 1270. The van der Waals surface area contributed by atoms with E-state index in [1.807, 2.05) is 13.8 Å². The summed E-state index contributed by atoms with van der Waals surface area (Å²) in [4.78, 5) is 57.4. The molecule has 0 aromatic carbocycles. The fourth-order valence-electron chi connectivity index (χ4n) is 2.88. The number of halogens is 1. The molecule has 2 aromatic heterocycles. The summed E-state index contributed by atoms with van der Waals surface area (Å²) >= 11 is 0. The fourth-order valence-corrected chi connectivity index (χ4v) is 5.99. The number of H-pyrrole nitrogens is 1. The largest absolute Gasteiger partial charge is 0.490 e. The number of nitrogens with two attached hydrogens (primary N) is 1. The molecule has 1 aliphatic heterocycles. The van der Waals surface area contributed by atoms with Crippen molar-refractivity contribution in [3.05, 3.63) is 16.7 Å². The summed E-state index contributed by atoms with van der Waals surface area (Å²) in [5.74, 6) is -0.321. The predicted octanol–water partition coefficient (Wildman–Crippen LogP) is 0.0578. The third-order valence-corrected chi connectivity index (χ3v) is 8.03. The van der Waals surface area contributed by atoms with Crippen LogP contribution in [0.25, 0.3) is 11.2 Å². The van der Waals surface area contributed by atoms with Crippen molar-refractivity contribution in [2.45, 2.75) is 44.9 Å². The Morgan fingerprint density at radius 2 is 1.83 bits per heavy atom. The molecule has 0 aliphatic carbocycles. The monoisotopic (exact) mass is 569 g/mol. The van der Waals surface area contributed by atoms with E-state index in [1.165, 1.54) is 0 Å². The van der Waals surface area contributed by atoms with Crippen molar-refractivity contribution in [1.29, 1.82) is 0 Å². The number of nitrogen functional groups attached to an aromatic ring is 1. The Labute approximate surface area is 195 Å². The molecule has 8 N–H and O–H groups in total. The second-order valence-corrected chi connectivity index (χ2v) is 11.3. The third kappa shape index (κ3) is 7.01. The van der Waals surface area contributed by atoms with Crippen LogP contribution in [0.2, 0.25) is 0 Å². The van der Waals surface area contributed by atoms with Gasteiger partial charge < -0.3 is 35.2 Å². The Morgan fingerprint density at radius 1 is 1.23 bits per heavy atom. The van der Waals surface area contributed by atoms with Gasteiger partial charge in [0.2, 0.25) is 5.95 Å². The molecule has 0 radical (unpaired) electrons. The average Bonchev–Trinajstić information content (AvgIpc) is 3.21. The van der Waals surface area contributed by atoms with Crippen molar-refractivity contribution in [3.8, 4) is 0 Å². The maximum atomic E-state index is 14.9. The molecule has 22 heteroatoms. The van der Waals surface area contributed by atoms with E-state index >= 15 is 0 Å². The molecule has 1 fully saturated rings. The Hall–Kier alpha value is -1.59. The molecule has 3 rings (SSSR count). The van der Waals surface area contributed by atoms with Gasteiger partial charge in [-0.2, -0.15) is 13.6 Å². The predicted molar refractivity (Wildman–Crippen MR) is 113 cm³/mol. The molecule has 3 heterocycles. The van der Waals surface area contributed by atoms with E-state index in [1.54, 1.807) is 0 Å². The molecule has 2 aromatic rings. The number of phosphoric ester groups is 1. The van der Waals surface area contributed by atoms with Crippen molar-refractivity contribution in [2.75, 3.05) is 12.3 Å². The molecule has 1 saturated heterocycles. The lowest BCUT2D eigenvalue weighted by atomic mass is 9.99. The highest BCUT2D eigenvalue weighted by Gasteiger charge is 2.55. The van der Waals surface area contributed by atoms with Crippen molar-refractivity contribution >= 4 is 40.6 Å². The number of aromatic amines is 1. The van der Waals surface area contributed by atoms with Gasteiger partial charge in [0.15, 0.2) is 23.6 Å². The van der Waals surface area contributed by atoms with Gasteiger partial charge in [-0.1, -0.05) is 13.8 Å². The zero-order valence-electron chi connectivity index (χ0n) is 18.2. The van der Waals surface area contributed by atoms with Crippen LogP contribution >= 0.6 is 23.5 Å². The topological polar surface area (TPSA) is 279 Å². The van der Waals surface area contributed by atoms with Gasteiger partial charge in [-0.3, -0.25) is 18.9 Å². The van der Waals surface area contributed by atoms with Crippen molar-refractivity contribution in [2.24, 2.45) is 0 Å². The molecule has 0 spiro atoms. The number of alkyl halides is 1. The van der Waals surface area contributed by atoms with Gasteiger partial charge in [0.1, 0.15) is 11.7 Å². The van der Waals surface area contributed by atoms with Gasteiger partial charge in [0.25, 0.3) is 5.56 Å². The number of aliphatic hydroxyl groups is 1. The summed E-state index contributed by atoms with van der Waals surface area (Å²) in [5, 5.41) is 10.3. The van der Waals surface area contributed by atoms with Crippen LogP contribution in [0.5, 0.6) is 0 Å². The lowest BCUT2D eigenvalue weighted by Crippen LogP contribution is -2.43. The van der Waals surface area contributed by atoms with E-state index in [9.17, 15) is 32.9 Å². The number of fused-ring (bicyclic) bond motifs is 1. The Balaban J connectivity index is 0.00000210. The molecular formula is C13H23FN5O13P3. The minimum atomic E-state index is -5.78. The maximum absolute atomic E-state index is 14.9. The molecular weight excluding hydrogens is 546 g/mol. The minimum Gasteiger partial charge on any atom is -0.387 e. The number of hydrogen-bond acceptors (Lipinski definition) is 12. The standard InChI is InChI=1S/C11H17FN5O13P3.C2H6/c1-11(2-27-32(23,24)30-33(25,26)29-31(20,21)22)6(18)4(12)9(28-11)17-3-14-5-7(17)15-10(13)16-8(5)19;1-2/h3-4,6,9,18H,2H2,1H3,(H,23,24)(H,25,26)(H2,20,21,22)(H3,13,15,16,19);1-2H3/t4-,6+,9-,11-;/m1./s1. The van der Waals surface area contributed by atoms with Crippen LogP contribution < -0.4 is 11.3 Å². The summed E-state index contributed by atoms with van der Waals surface area (Å²) in [5.41, 5.74) is 2.22. The number of hydrogen-bond donors (Lipinski definition) is 7. The van der Waals surface area contributed by atoms with Gasteiger partial charge in [0.05, 0.1) is 12.9 Å². The molecule has 18 nitrogen and oxygen atoms in total. The highest BCUT2D eigenvalue weighted by atomic mass is 31.3. The normalized spacial score (nSPS) is 28.2. The molecule has 200 valence electrons. The van der Waals surface area contributed by atoms with E-state index in [0.717, 1.165) is 17.8 Å². The minimum absolute atomic E-state index is 0.201. The van der Waals surface area contributed by atoms with Crippen LogP contribution in [0.1, 0.15) is 27.0 Å². The quantitative estimate of drug-likeness (QED) is 0.207. The number of ether oxygens (including phenoxy) is 1. The number of imidazole rings is 1. The van der Waals surface area contributed by atoms with Crippen molar-refractivity contribution in [3.63, 3.8) is 0 Å². The van der Waals surface area contributed by atoms with Crippen molar-refractivity contribution < 1.29 is 60.6 Å². The summed E-state index contributed by atoms with van der Waals surface area (Å²) in [6, 6.07) is 0. The smallest absolute Gasteiger partial charge is 0.387 e. The molecule has 0 bridgehead atoms. The first-order valence-corrected chi connectivity index (χ1v) is 14.0. The molecule has 6 atom stereocenters. The Morgan fingerprint density at radius 3 is 2.40 bits per heavy atom. The average molecular weight is 569 g/mol. The molecule has 0 amide bonds. The zero-order chi connectivity index (χ0) is 27.0. The van der Waals surface area contributed by atoms with Crippen molar-refractivity contribution in [1.82, 2.24) is 19.5 Å². The van der Waals surface area contributed by atoms with E-state index in [0.29, 0.717) is 0 Å². The number of aliphatic hydroxyl groups excluding tert-OH is 1. The van der Waals surface area contributed by atoms with E-state index in [2.05, 4.69) is 28.1 Å². The van der Waals surface area contributed by atoms with Crippen LogP contribution in [0.15, 0.2) is 11.1 Å². The van der Waals surface area contributed by atoms with Gasteiger partial charge in [-0.05, 0) is 6.92 Å². The van der Waals surface area contributed by atoms with Gasteiger partial charge in [-0.25, -0.2) is 23.1 Å². The maximum Gasteiger partial charge on any atom is 0.490 e. The van der Waals surface area contributed by atoms with E-state index in [4.69, 9.17) is 25.2 Å². The number of rotatable bonds is 8. The van der Waals surface area contributed by atoms with Crippen LogP contribution in [-0.2, 0) is 31.6 Å². The SMILES string of the molecule is CC.C[C@]1(COP(=O)(O)OP(=O)(O)OP(=O)(O)O)O[C@@H](n2cnc3c(=O)[nH]c(N)nc32)[C@H](F)[C@@H]1O. The second kappa shape index (κ2) is 10.4. The van der Waals surface area contributed by atoms with Crippen LogP contribution in [-0.4, -0.2) is 68.7 Å². The van der Waals surface area contributed by atoms with Gasteiger partial charge in [0, 0.05) is 0 Å². The molecule has 2 unspecified atom stereocenters. The highest BCUT2D eigenvalue weighted by molar-refractivity contribution is 7.66. The van der Waals surface area contributed by atoms with Gasteiger partial charge in [-0.15, -0.1) is 0 Å². The number of nitrogens with one attached hydrogen (secondary N) is 1. The summed E-state index contributed by atoms with van der Waals surface area (Å²) in [7, 11) is -16.9.